The van der Waals surface area contributed by atoms with Crippen molar-refractivity contribution < 1.29 is 0 Å². The molecule has 104 valence electrons. The van der Waals surface area contributed by atoms with Crippen LogP contribution in [0, 0.1) is 0 Å². The van der Waals surface area contributed by atoms with Crippen molar-refractivity contribution in [2.75, 3.05) is 19.6 Å². The zero-order chi connectivity index (χ0) is 12.8. The molecule has 0 radical (unpaired) electrons. The van der Waals surface area contributed by atoms with Crippen molar-refractivity contribution in [3.63, 3.8) is 0 Å². The van der Waals surface area contributed by atoms with E-state index in [0.717, 1.165) is 19.0 Å². The molecular weight excluding hydrogens is 226 g/mol. The Morgan fingerprint density at radius 3 is 2.72 bits per heavy atom. The van der Waals surface area contributed by atoms with Gasteiger partial charge in [0.25, 0.3) is 0 Å². The van der Waals surface area contributed by atoms with Crippen LogP contribution >= 0.6 is 0 Å². The van der Waals surface area contributed by atoms with Crippen LogP contribution in [-0.2, 0) is 0 Å². The number of nitrogens with one attached hydrogen (secondary N) is 2. The molecule has 1 heterocycles. The van der Waals surface area contributed by atoms with Gasteiger partial charge < -0.3 is 5.32 Å². The fourth-order valence-electron chi connectivity index (χ4n) is 3.11. The van der Waals surface area contributed by atoms with Crippen LogP contribution in [0.2, 0.25) is 0 Å². The van der Waals surface area contributed by atoms with Crippen LogP contribution in [0.25, 0.3) is 0 Å². The van der Waals surface area contributed by atoms with E-state index in [2.05, 4.69) is 27.6 Å². The smallest absolute Gasteiger partial charge is 0.206 e. The monoisotopic (exact) mass is 253 g/mol. The molecule has 2 rings (SSSR count). The zero-order valence-corrected chi connectivity index (χ0v) is 11.5. The van der Waals surface area contributed by atoms with Gasteiger partial charge in [-0.05, 0) is 38.8 Å². The van der Waals surface area contributed by atoms with Crippen molar-refractivity contribution in [3.05, 3.63) is 0 Å². The van der Waals surface area contributed by atoms with E-state index in [1.165, 1.54) is 45.1 Å². The topological polar surface area (TPSA) is 65.7 Å². The summed E-state index contributed by atoms with van der Waals surface area (Å²) in [5, 5.41) is 3.42. The normalized spacial score (nSPS) is 26.8. The first-order valence-corrected chi connectivity index (χ1v) is 7.35. The van der Waals surface area contributed by atoms with Gasteiger partial charge in [0.05, 0.1) is 6.54 Å². The Balaban J connectivity index is 1.81. The van der Waals surface area contributed by atoms with Crippen molar-refractivity contribution in [1.29, 1.82) is 0 Å². The quantitative estimate of drug-likeness (QED) is 0.300. The Kier molecular flexibility index (Phi) is 5.26. The maximum absolute atomic E-state index is 5.55. The minimum atomic E-state index is 0.561. The lowest BCUT2D eigenvalue weighted by molar-refractivity contribution is 0.273. The first kappa shape index (κ1) is 13.6. The number of guanidine groups is 1. The zero-order valence-electron chi connectivity index (χ0n) is 11.5. The highest BCUT2D eigenvalue weighted by molar-refractivity contribution is 5.79. The summed E-state index contributed by atoms with van der Waals surface area (Å²) in [6, 6.07) is 1.16. The van der Waals surface area contributed by atoms with E-state index in [1.54, 1.807) is 0 Å². The number of aliphatic imine (C=N–C) groups is 1. The second-order valence-corrected chi connectivity index (χ2v) is 5.38. The second-order valence-electron chi connectivity index (χ2n) is 5.38. The Morgan fingerprint density at radius 1 is 1.28 bits per heavy atom. The predicted octanol–water partition coefficient (Wildman–Crippen LogP) is 0.822. The van der Waals surface area contributed by atoms with E-state index in [-0.39, 0.29) is 0 Å². The molecule has 18 heavy (non-hydrogen) atoms. The van der Waals surface area contributed by atoms with E-state index in [0.29, 0.717) is 12.1 Å². The molecule has 4 N–H and O–H groups in total. The lowest BCUT2D eigenvalue weighted by Gasteiger charge is -2.22. The number of hydrazine groups is 1. The van der Waals surface area contributed by atoms with Gasteiger partial charge in [-0.2, -0.15) is 0 Å². The molecule has 2 aliphatic rings. The van der Waals surface area contributed by atoms with Crippen molar-refractivity contribution in [2.45, 2.75) is 57.5 Å². The molecule has 1 aliphatic heterocycles. The summed E-state index contributed by atoms with van der Waals surface area (Å²) < 4.78 is 0. The molecule has 1 saturated carbocycles. The molecule has 0 bridgehead atoms. The summed E-state index contributed by atoms with van der Waals surface area (Å²) in [6.07, 6.45) is 7.69. The Hall–Kier alpha value is -0.810. The average Bonchev–Trinajstić information content (AvgIpc) is 3.05. The first-order valence-electron chi connectivity index (χ1n) is 7.35. The van der Waals surface area contributed by atoms with E-state index in [9.17, 15) is 0 Å². The number of likely N-dealkylation sites (N-methyl/N-ethyl adjacent to an activating group) is 1. The predicted molar refractivity (Wildman–Crippen MR) is 75.3 cm³/mol. The number of likely N-dealkylation sites (tertiary alicyclic amines) is 1. The van der Waals surface area contributed by atoms with Crippen LogP contribution in [0.15, 0.2) is 4.99 Å². The summed E-state index contributed by atoms with van der Waals surface area (Å²) in [6.45, 7) is 5.42. The molecule has 0 aromatic rings. The minimum absolute atomic E-state index is 0.561. The van der Waals surface area contributed by atoms with E-state index >= 15 is 0 Å². The fraction of sp³-hybridized carbons (Fsp3) is 0.923. The van der Waals surface area contributed by atoms with E-state index in [4.69, 9.17) is 5.84 Å². The molecule has 5 nitrogen and oxygen atoms in total. The highest BCUT2D eigenvalue weighted by Crippen LogP contribution is 2.18. The molecule has 5 heteroatoms. The van der Waals surface area contributed by atoms with Gasteiger partial charge >= 0.3 is 0 Å². The summed E-state index contributed by atoms with van der Waals surface area (Å²) in [4.78, 5) is 7.12. The SMILES string of the molecule is CCN1CCCC1CN=C(NN)NC1CCCC1. The van der Waals surface area contributed by atoms with Gasteiger partial charge in [-0.25, -0.2) is 5.84 Å². The summed E-state index contributed by atoms with van der Waals surface area (Å²) in [7, 11) is 0. The molecule has 2 fully saturated rings. The maximum Gasteiger partial charge on any atom is 0.206 e. The number of hydrogen-bond donors (Lipinski definition) is 3. The van der Waals surface area contributed by atoms with Crippen molar-refractivity contribution >= 4 is 5.96 Å². The van der Waals surface area contributed by atoms with Crippen molar-refractivity contribution in [2.24, 2.45) is 10.8 Å². The van der Waals surface area contributed by atoms with Crippen LogP contribution in [-0.4, -0.2) is 42.6 Å². The highest BCUT2D eigenvalue weighted by atomic mass is 15.3. The highest BCUT2D eigenvalue weighted by Gasteiger charge is 2.22. The van der Waals surface area contributed by atoms with Crippen LogP contribution in [0.1, 0.15) is 45.4 Å². The molecule has 1 saturated heterocycles. The van der Waals surface area contributed by atoms with E-state index < -0.39 is 0 Å². The van der Waals surface area contributed by atoms with Crippen molar-refractivity contribution in [1.82, 2.24) is 15.6 Å². The fourth-order valence-corrected chi connectivity index (χ4v) is 3.11. The summed E-state index contributed by atoms with van der Waals surface area (Å²) in [5.41, 5.74) is 2.71. The van der Waals surface area contributed by atoms with Gasteiger partial charge in [0.2, 0.25) is 5.96 Å². The Bertz CT molecular complexity index is 273. The summed E-state index contributed by atoms with van der Waals surface area (Å²) >= 11 is 0. The van der Waals surface area contributed by atoms with Crippen LogP contribution < -0.4 is 16.6 Å². The van der Waals surface area contributed by atoms with Gasteiger partial charge in [-0.3, -0.25) is 15.3 Å². The molecular formula is C13H27N5. The third kappa shape index (κ3) is 3.59. The average molecular weight is 253 g/mol. The van der Waals surface area contributed by atoms with Gasteiger partial charge in [0.15, 0.2) is 0 Å². The number of nitrogens with two attached hydrogens (primary N) is 1. The number of rotatable bonds is 4. The van der Waals surface area contributed by atoms with Gasteiger partial charge in [-0.1, -0.05) is 19.8 Å². The van der Waals surface area contributed by atoms with Crippen LogP contribution in [0.4, 0.5) is 0 Å². The van der Waals surface area contributed by atoms with Gasteiger partial charge in [0.1, 0.15) is 0 Å². The third-order valence-electron chi connectivity index (χ3n) is 4.20. The third-order valence-corrected chi connectivity index (χ3v) is 4.20. The summed E-state index contributed by atoms with van der Waals surface area (Å²) in [5.74, 6) is 6.31. The van der Waals surface area contributed by atoms with Crippen molar-refractivity contribution in [3.8, 4) is 0 Å². The maximum atomic E-state index is 5.55. The largest absolute Gasteiger partial charge is 0.353 e. The molecule has 0 aromatic carbocycles. The van der Waals surface area contributed by atoms with Gasteiger partial charge in [-0.15, -0.1) is 0 Å². The second kappa shape index (κ2) is 6.95. The molecule has 0 amide bonds. The first-order chi connectivity index (χ1) is 8.83. The molecule has 0 spiro atoms. The minimum Gasteiger partial charge on any atom is -0.353 e. The van der Waals surface area contributed by atoms with Crippen LogP contribution in [0.5, 0.6) is 0 Å². The standard InChI is InChI=1S/C13H27N5/c1-2-18-9-5-8-12(18)10-15-13(17-14)16-11-6-3-4-7-11/h11-12H,2-10,14H2,1H3,(H2,15,16,17). The Labute approximate surface area is 110 Å². The lowest BCUT2D eigenvalue weighted by atomic mass is 10.2. The van der Waals surface area contributed by atoms with E-state index in [1.807, 2.05) is 0 Å². The number of nitrogens with zero attached hydrogens (tertiary/aromatic N) is 2. The molecule has 1 unspecified atom stereocenters. The Morgan fingerprint density at radius 2 is 2.06 bits per heavy atom. The molecule has 0 aromatic heterocycles. The van der Waals surface area contributed by atoms with Gasteiger partial charge in [0, 0.05) is 12.1 Å². The molecule has 1 aliphatic carbocycles. The number of hydrogen-bond acceptors (Lipinski definition) is 3. The van der Waals surface area contributed by atoms with Crippen LogP contribution in [0.3, 0.4) is 0 Å². The lowest BCUT2D eigenvalue weighted by Crippen LogP contribution is -2.46. The molecule has 1 atom stereocenters.